The van der Waals surface area contributed by atoms with Crippen molar-refractivity contribution >= 4 is 0 Å². The fourth-order valence-corrected chi connectivity index (χ4v) is 1.91. The minimum atomic E-state index is 0.593. The summed E-state index contributed by atoms with van der Waals surface area (Å²) in [5.41, 5.74) is 3.94. The lowest BCUT2D eigenvalue weighted by Gasteiger charge is -2.06. The van der Waals surface area contributed by atoms with Crippen molar-refractivity contribution in [3.63, 3.8) is 0 Å². The topological polar surface area (TPSA) is 36.7 Å². The van der Waals surface area contributed by atoms with Crippen molar-refractivity contribution in [1.29, 1.82) is 5.26 Å². The van der Waals surface area contributed by atoms with Gasteiger partial charge in [-0.3, -0.25) is 4.98 Å². The van der Waals surface area contributed by atoms with Crippen LogP contribution in [-0.4, -0.2) is 4.98 Å². The van der Waals surface area contributed by atoms with Gasteiger partial charge in [-0.1, -0.05) is 38.1 Å². The van der Waals surface area contributed by atoms with Crippen molar-refractivity contribution < 1.29 is 0 Å². The van der Waals surface area contributed by atoms with E-state index in [9.17, 15) is 0 Å². The summed E-state index contributed by atoms with van der Waals surface area (Å²) >= 11 is 0. The van der Waals surface area contributed by atoms with Gasteiger partial charge in [0.25, 0.3) is 0 Å². The maximum atomic E-state index is 8.73. The fraction of sp³-hybridized carbons (Fsp3) is 0.250. The number of nitrogens with zero attached hydrogens (tertiary/aromatic N) is 2. The summed E-state index contributed by atoms with van der Waals surface area (Å²) in [5, 5.41) is 8.73. The summed E-state index contributed by atoms with van der Waals surface area (Å²) < 4.78 is 0. The minimum Gasteiger partial charge on any atom is -0.255 e. The molecule has 1 aromatic heterocycles. The highest BCUT2D eigenvalue weighted by Gasteiger charge is 2.01. The third-order valence-electron chi connectivity index (χ3n) is 2.79. The number of hydrogen-bond acceptors (Lipinski definition) is 2. The Balaban J connectivity index is 2.20. The third-order valence-corrected chi connectivity index (χ3v) is 2.79. The zero-order chi connectivity index (χ0) is 13.0. The SMILES string of the molecule is CC(C)Cc1ccc(-c2ccc(C#N)cn2)cc1. The minimum absolute atomic E-state index is 0.593. The van der Waals surface area contributed by atoms with Gasteiger partial charge in [0.2, 0.25) is 0 Å². The lowest BCUT2D eigenvalue weighted by atomic mass is 10.0. The average molecular weight is 236 g/mol. The normalized spacial score (nSPS) is 10.3. The van der Waals surface area contributed by atoms with Crippen LogP contribution in [0.4, 0.5) is 0 Å². The molecular formula is C16H16N2. The predicted molar refractivity (Wildman–Crippen MR) is 72.9 cm³/mol. The zero-order valence-electron chi connectivity index (χ0n) is 10.7. The summed E-state index contributed by atoms with van der Waals surface area (Å²) in [6.07, 6.45) is 2.71. The molecule has 0 bridgehead atoms. The van der Waals surface area contributed by atoms with Crippen LogP contribution in [0.15, 0.2) is 42.6 Å². The first kappa shape index (κ1) is 12.3. The van der Waals surface area contributed by atoms with Gasteiger partial charge in [0, 0.05) is 11.8 Å². The van der Waals surface area contributed by atoms with Crippen LogP contribution in [0.1, 0.15) is 25.0 Å². The number of hydrogen-bond donors (Lipinski definition) is 0. The van der Waals surface area contributed by atoms with E-state index >= 15 is 0 Å². The van der Waals surface area contributed by atoms with E-state index in [-0.39, 0.29) is 0 Å². The number of pyridine rings is 1. The van der Waals surface area contributed by atoms with Gasteiger partial charge in [-0.2, -0.15) is 5.26 Å². The maximum Gasteiger partial charge on any atom is 0.101 e. The third kappa shape index (κ3) is 2.95. The van der Waals surface area contributed by atoms with E-state index in [0.717, 1.165) is 17.7 Å². The molecule has 0 unspecified atom stereocenters. The first-order chi connectivity index (χ1) is 8.69. The monoisotopic (exact) mass is 236 g/mol. The second-order valence-corrected chi connectivity index (χ2v) is 4.84. The number of benzene rings is 1. The molecule has 0 fully saturated rings. The van der Waals surface area contributed by atoms with Crippen LogP contribution >= 0.6 is 0 Å². The highest BCUT2D eigenvalue weighted by molar-refractivity contribution is 5.59. The standard InChI is InChI=1S/C16H16N2/c1-12(2)9-13-3-6-15(7-4-13)16-8-5-14(10-17)11-18-16/h3-8,11-12H,9H2,1-2H3. The Hall–Kier alpha value is -2.14. The molecular weight excluding hydrogens is 220 g/mol. The maximum absolute atomic E-state index is 8.73. The summed E-state index contributed by atoms with van der Waals surface area (Å²) in [7, 11) is 0. The van der Waals surface area contributed by atoms with Crippen molar-refractivity contribution in [1.82, 2.24) is 4.98 Å². The van der Waals surface area contributed by atoms with Crippen LogP contribution < -0.4 is 0 Å². The molecule has 0 amide bonds. The molecule has 90 valence electrons. The van der Waals surface area contributed by atoms with Crippen molar-refractivity contribution in [3.8, 4) is 17.3 Å². The van der Waals surface area contributed by atoms with Gasteiger partial charge in [-0.25, -0.2) is 0 Å². The summed E-state index contributed by atoms with van der Waals surface area (Å²) in [6, 6.07) is 14.2. The highest BCUT2D eigenvalue weighted by Crippen LogP contribution is 2.18. The lowest BCUT2D eigenvalue weighted by Crippen LogP contribution is -1.93. The molecule has 0 spiro atoms. The van der Waals surface area contributed by atoms with Crippen molar-refractivity contribution in [3.05, 3.63) is 53.7 Å². The van der Waals surface area contributed by atoms with Crippen molar-refractivity contribution in [2.24, 2.45) is 5.92 Å². The smallest absolute Gasteiger partial charge is 0.101 e. The van der Waals surface area contributed by atoms with Gasteiger partial charge in [-0.05, 0) is 30.0 Å². The van der Waals surface area contributed by atoms with Crippen LogP contribution in [0, 0.1) is 17.2 Å². The molecule has 0 aliphatic rings. The Kier molecular flexibility index (Phi) is 3.74. The second kappa shape index (κ2) is 5.46. The molecule has 0 radical (unpaired) electrons. The Morgan fingerprint density at radius 2 is 1.83 bits per heavy atom. The summed E-state index contributed by atoms with van der Waals surface area (Å²) in [4.78, 5) is 4.29. The Morgan fingerprint density at radius 1 is 1.11 bits per heavy atom. The van der Waals surface area contributed by atoms with Crippen LogP contribution in [0.25, 0.3) is 11.3 Å². The summed E-state index contributed by atoms with van der Waals surface area (Å²) in [5.74, 6) is 0.670. The Labute approximate surface area is 108 Å². The predicted octanol–water partition coefficient (Wildman–Crippen LogP) is 3.82. The molecule has 0 aliphatic carbocycles. The number of nitriles is 1. The molecule has 1 heterocycles. The fourth-order valence-electron chi connectivity index (χ4n) is 1.91. The van der Waals surface area contributed by atoms with Gasteiger partial charge in [0.15, 0.2) is 0 Å². The quantitative estimate of drug-likeness (QED) is 0.812. The van der Waals surface area contributed by atoms with Gasteiger partial charge < -0.3 is 0 Å². The van der Waals surface area contributed by atoms with Crippen LogP contribution in [-0.2, 0) is 6.42 Å². The van der Waals surface area contributed by atoms with Crippen LogP contribution in [0.5, 0.6) is 0 Å². The van der Waals surface area contributed by atoms with Gasteiger partial charge in [-0.15, -0.1) is 0 Å². The van der Waals surface area contributed by atoms with Crippen LogP contribution in [0.2, 0.25) is 0 Å². The van der Waals surface area contributed by atoms with E-state index in [1.807, 2.05) is 6.07 Å². The Bertz CT molecular complexity index is 545. The summed E-state index contributed by atoms with van der Waals surface area (Å²) in [6.45, 7) is 4.44. The van der Waals surface area contributed by atoms with Crippen molar-refractivity contribution in [2.45, 2.75) is 20.3 Å². The Morgan fingerprint density at radius 3 is 2.33 bits per heavy atom. The average Bonchev–Trinajstić information content (AvgIpc) is 2.39. The molecule has 0 N–H and O–H groups in total. The number of aromatic nitrogens is 1. The largest absolute Gasteiger partial charge is 0.255 e. The molecule has 1 aromatic carbocycles. The highest BCUT2D eigenvalue weighted by atomic mass is 14.7. The molecule has 0 aliphatic heterocycles. The van der Waals surface area contributed by atoms with Gasteiger partial charge >= 0.3 is 0 Å². The zero-order valence-corrected chi connectivity index (χ0v) is 10.7. The first-order valence-electron chi connectivity index (χ1n) is 6.14. The second-order valence-electron chi connectivity index (χ2n) is 4.84. The molecule has 2 aromatic rings. The molecule has 18 heavy (non-hydrogen) atoms. The van der Waals surface area contributed by atoms with Gasteiger partial charge in [0.05, 0.1) is 11.3 Å². The van der Waals surface area contributed by atoms with Crippen molar-refractivity contribution in [2.75, 3.05) is 0 Å². The molecule has 2 nitrogen and oxygen atoms in total. The molecule has 0 saturated heterocycles. The molecule has 0 saturated carbocycles. The van der Waals surface area contributed by atoms with E-state index in [4.69, 9.17) is 5.26 Å². The van der Waals surface area contributed by atoms with E-state index < -0.39 is 0 Å². The first-order valence-corrected chi connectivity index (χ1v) is 6.14. The molecule has 2 heteroatoms. The van der Waals surface area contributed by atoms with Gasteiger partial charge in [0.1, 0.15) is 6.07 Å². The lowest BCUT2D eigenvalue weighted by molar-refractivity contribution is 0.647. The molecule has 0 atom stereocenters. The van der Waals surface area contributed by atoms with E-state index in [1.54, 1.807) is 12.3 Å². The molecule has 2 rings (SSSR count). The van der Waals surface area contributed by atoms with E-state index in [0.29, 0.717) is 11.5 Å². The van der Waals surface area contributed by atoms with E-state index in [2.05, 4.69) is 49.2 Å². The van der Waals surface area contributed by atoms with Crippen LogP contribution in [0.3, 0.4) is 0 Å². The van der Waals surface area contributed by atoms with E-state index in [1.165, 1.54) is 5.56 Å². The number of rotatable bonds is 3.